The van der Waals surface area contributed by atoms with Crippen LogP contribution in [0.1, 0.15) is 16.8 Å². The Labute approximate surface area is 108 Å². The molecule has 2 rings (SSSR count). The van der Waals surface area contributed by atoms with Crippen LogP contribution in [0.25, 0.3) is 0 Å². The van der Waals surface area contributed by atoms with Gasteiger partial charge in [0.15, 0.2) is 0 Å². The Bertz CT molecular complexity index is 636. The molecular weight excluding hydrogens is 253 g/mol. The molecule has 5 heteroatoms. The number of alkyl halides is 3. The summed E-state index contributed by atoms with van der Waals surface area (Å²) >= 11 is 0. The fraction of sp³-hybridized carbons (Fsp3) is 0.143. The second-order valence-corrected chi connectivity index (χ2v) is 4.08. The maximum atomic E-state index is 12.6. The number of rotatable bonds is 2. The Balaban J connectivity index is 2.32. The normalized spacial score (nSPS) is 11.3. The molecular formula is C14H11F3N2. The summed E-state index contributed by atoms with van der Waals surface area (Å²) in [6.07, 6.45) is -4.07. The van der Waals surface area contributed by atoms with Gasteiger partial charge in [0, 0.05) is 12.1 Å². The van der Waals surface area contributed by atoms with Gasteiger partial charge in [0.2, 0.25) is 0 Å². The molecule has 2 nitrogen and oxygen atoms in total. The van der Waals surface area contributed by atoms with Gasteiger partial charge in [0.05, 0.1) is 5.56 Å². The highest BCUT2D eigenvalue weighted by atomic mass is 19.4. The number of hydrogen-bond donors (Lipinski definition) is 1. The van der Waals surface area contributed by atoms with Gasteiger partial charge in [-0.1, -0.05) is 30.3 Å². The summed E-state index contributed by atoms with van der Waals surface area (Å²) in [5, 5.41) is 7.47. The van der Waals surface area contributed by atoms with Crippen molar-refractivity contribution < 1.29 is 13.2 Å². The van der Waals surface area contributed by atoms with Crippen LogP contribution in [-0.2, 0) is 12.6 Å². The van der Waals surface area contributed by atoms with Crippen molar-refractivity contribution in [3.8, 4) is 0 Å². The molecule has 1 aromatic carbocycles. The van der Waals surface area contributed by atoms with E-state index in [2.05, 4.69) is 4.98 Å². The predicted molar refractivity (Wildman–Crippen MR) is 64.3 cm³/mol. The van der Waals surface area contributed by atoms with Gasteiger partial charge in [-0.05, 0) is 23.8 Å². The third kappa shape index (κ3) is 3.64. The van der Waals surface area contributed by atoms with Gasteiger partial charge in [0.1, 0.15) is 5.49 Å². The highest BCUT2D eigenvalue weighted by Gasteiger charge is 2.30. The van der Waals surface area contributed by atoms with Gasteiger partial charge in [0.25, 0.3) is 0 Å². The first-order valence-electron chi connectivity index (χ1n) is 5.62. The van der Waals surface area contributed by atoms with Crippen LogP contribution in [0, 0.1) is 5.41 Å². The van der Waals surface area contributed by atoms with Crippen molar-refractivity contribution in [3.05, 3.63) is 70.8 Å². The fourth-order valence-electron chi connectivity index (χ4n) is 1.71. The third-order valence-corrected chi connectivity index (χ3v) is 2.56. The van der Waals surface area contributed by atoms with E-state index in [1.807, 2.05) is 0 Å². The Morgan fingerprint density at radius 1 is 1.00 bits per heavy atom. The van der Waals surface area contributed by atoms with Gasteiger partial charge in [-0.3, -0.25) is 5.41 Å². The summed E-state index contributed by atoms with van der Waals surface area (Å²) in [5.41, 5.74) is 0.505. The van der Waals surface area contributed by atoms with E-state index in [1.54, 1.807) is 24.3 Å². The van der Waals surface area contributed by atoms with E-state index < -0.39 is 11.7 Å². The molecule has 0 saturated carbocycles. The molecule has 0 fully saturated rings. The molecule has 19 heavy (non-hydrogen) atoms. The number of nitrogens with one attached hydrogen (secondary N) is 1. The molecule has 98 valence electrons. The van der Waals surface area contributed by atoms with E-state index >= 15 is 0 Å². The summed E-state index contributed by atoms with van der Waals surface area (Å²) in [5.74, 6) is 0. The molecule has 2 aromatic rings. The lowest BCUT2D eigenvalue weighted by atomic mass is 10.1. The molecule has 0 aliphatic heterocycles. The van der Waals surface area contributed by atoms with Crippen molar-refractivity contribution in [2.75, 3.05) is 0 Å². The smallest absolute Gasteiger partial charge is 0.283 e. The minimum atomic E-state index is -4.34. The molecule has 0 spiro atoms. The first kappa shape index (κ1) is 13.3. The second-order valence-electron chi connectivity index (χ2n) is 4.08. The highest BCUT2D eigenvalue weighted by molar-refractivity contribution is 5.28. The Morgan fingerprint density at radius 3 is 2.47 bits per heavy atom. The minimum absolute atomic E-state index is 0.0898. The van der Waals surface area contributed by atoms with E-state index in [9.17, 15) is 13.2 Å². The van der Waals surface area contributed by atoms with E-state index in [0.717, 1.165) is 12.1 Å². The van der Waals surface area contributed by atoms with Crippen molar-refractivity contribution in [1.29, 1.82) is 5.41 Å². The number of halogens is 3. The molecule has 1 aromatic heterocycles. The van der Waals surface area contributed by atoms with Gasteiger partial charge < -0.3 is 0 Å². The van der Waals surface area contributed by atoms with Crippen molar-refractivity contribution in [2.45, 2.75) is 12.6 Å². The number of nitrogens with zero attached hydrogens (tertiary/aromatic N) is 1. The monoisotopic (exact) mass is 264 g/mol. The van der Waals surface area contributed by atoms with Crippen LogP contribution in [-0.4, -0.2) is 4.98 Å². The first-order valence-corrected chi connectivity index (χ1v) is 5.62. The molecule has 0 saturated heterocycles. The fourth-order valence-corrected chi connectivity index (χ4v) is 1.71. The van der Waals surface area contributed by atoms with Gasteiger partial charge in [-0.15, -0.1) is 0 Å². The molecule has 0 radical (unpaired) electrons. The lowest BCUT2D eigenvalue weighted by molar-refractivity contribution is -0.137. The second kappa shape index (κ2) is 5.22. The first-order chi connectivity index (χ1) is 8.95. The molecule has 0 aliphatic carbocycles. The average molecular weight is 264 g/mol. The van der Waals surface area contributed by atoms with Crippen LogP contribution in [0.15, 0.2) is 48.5 Å². The van der Waals surface area contributed by atoms with Gasteiger partial charge in [-0.2, -0.15) is 13.2 Å². The maximum Gasteiger partial charge on any atom is 0.416 e. The van der Waals surface area contributed by atoms with E-state index in [4.69, 9.17) is 5.41 Å². The van der Waals surface area contributed by atoms with Crippen LogP contribution < -0.4 is 5.49 Å². The van der Waals surface area contributed by atoms with Crippen LogP contribution >= 0.6 is 0 Å². The van der Waals surface area contributed by atoms with Gasteiger partial charge in [-0.25, -0.2) is 4.98 Å². The van der Waals surface area contributed by atoms with Crippen molar-refractivity contribution in [2.24, 2.45) is 0 Å². The topological polar surface area (TPSA) is 36.7 Å². The highest BCUT2D eigenvalue weighted by Crippen LogP contribution is 2.29. The lowest BCUT2D eigenvalue weighted by Crippen LogP contribution is -2.06. The third-order valence-electron chi connectivity index (χ3n) is 2.56. The zero-order valence-electron chi connectivity index (χ0n) is 9.91. The Kier molecular flexibility index (Phi) is 3.64. The van der Waals surface area contributed by atoms with Crippen LogP contribution in [0.4, 0.5) is 13.2 Å². The van der Waals surface area contributed by atoms with Crippen LogP contribution in [0.3, 0.4) is 0 Å². The Hall–Kier alpha value is -2.17. The number of hydrogen-bond acceptors (Lipinski definition) is 2. The summed E-state index contributed by atoms with van der Waals surface area (Å²) in [6.45, 7) is 0. The maximum absolute atomic E-state index is 12.6. The molecule has 0 unspecified atom stereocenters. The summed E-state index contributed by atoms with van der Waals surface area (Å²) in [4.78, 5) is 4.01. The minimum Gasteiger partial charge on any atom is -0.283 e. The SMILES string of the molecule is N=c1ccccc(Cc2cccc(C(F)(F)F)c2)n1. The zero-order valence-corrected chi connectivity index (χ0v) is 9.91. The molecule has 0 amide bonds. The molecule has 1 heterocycles. The standard InChI is InChI=1S/C14H11F3N2/c15-14(16,17)11-5-3-4-10(8-11)9-12-6-1-2-7-13(18)19-12/h1-8,18H,9H2. The molecule has 0 atom stereocenters. The van der Waals surface area contributed by atoms with Crippen LogP contribution in [0.2, 0.25) is 0 Å². The van der Waals surface area contributed by atoms with E-state index in [1.165, 1.54) is 12.1 Å². The van der Waals surface area contributed by atoms with Gasteiger partial charge >= 0.3 is 6.18 Å². The quantitative estimate of drug-likeness (QED) is 0.888. The number of aromatic nitrogens is 1. The molecule has 0 aliphatic rings. The summed E-state index contributed by atoms with van der Waals surface area (Å²) in [6, 6.07) is 11.7. The Morgan fingerprint density at radius 2 is 1.74 bits per heavy atom. The molecule has 1 N–H and O–H groups in total. The molecule has 0 bridgehead atoms. The predicted octanol–water partition coefficient (Wildman–Crippen LogP) is 3.17. The summed E-state index contributed by atoms with van der Waals surface area (Å²) in [7, 11) is 0. The lowest BCUT2D eigenvalue weighted by Gasteiger charge is -2.08. The van der Waals surface area contributed by atoms with E-state index in [-0.39, 0.29) is 11.9 Å². The zero-order chi connectivity index (χ0) is 13.9. The number of benzene rings is 1. The summed E-state index contributed by atoms with van der Waals surface area (Å²) < 4.78 is 37.8. The van der Waals surface area contributed by atoms with Crippen LogP contribution in [0.5, 0.6) is 0 Å². The van der Waals surface area contributed by atoms with Crippen molar-refractivity contribution >= 4 is 0 Å². The largest absolute Gasteiger partial charge is 0.416 e. The van der Waals surface area contributed by atoms with E-state index in [0.29, 0.717) is 11.3 Å². The van der Waals surface area contributed by atoms with Crippen molar-refractivity contribution in [3.63, 3.8) is 0 Å². The van der Waals surface area contributed by atoms with Crippen molar-refractivity contribution in [1.82, 2.24) is 4.98 Å². The average Bonchev–Trinajstić information content (AvgIpc) is 2.53.